The van der Waals surface area contributed by atoms with Crippen molar-refractivity contribution >= 4 is 17.0 Å². The van der Waals surface area contributed by atoms with Gasteiger partial charge in [0.15, 0.2) is 5.58 Å². The normalized spacial score (nSPS) is 12.5. The zero-order valence-corrected chi connectivity index (χ0v) is 10.6. The van der Waals surface area contributed by atoms with Crippen molar-refractivity contribution in [1.82, 2.24) is 9.88 Å². The van der Waals surface area contributed by atoms with Gasteiger partial charge in [0.05, 0.1) is 11.6 Å². The predicted octanol–water partition coefficient (Wildman–Crippen LogP) is 0.482. The van der Waals surface area contributed by atoms with Crippen molar-refractivity contribution < 1.29 is 14.3 Å². The molecule has 0 saturated heterocycles. The summed E-state index contributed by atoms with van der Waals surface area (Å²) < 4.78 is 6.31. The molecule has 2 aromatic rings. The minimum Gasteiger partial charge on any atom is -0.408 e. The van der Waals surface area contributed by atoms with Gasteiger partial charge in [0, 0.05) is 6.54 Å². The molecule has 1 aromatic heterocycles. The van der Waals surface area contributed by atoms with Crippen molar-refractivity contribution in [2.45, 2.75) is 26.0 Å². The second-order valence-corrected chi connectivity index (χ2v) is 4.41. The Morgan fingerprint density at radius 2 is 2.21 bits per heavy atom. The maximum Gasteiger partial charge on any atom is 0.420 e. The fourth-order valence-electron chi connectivity index (χ4n) is 1.78. The van der Waals surface area contributed by atoms with E-state index in [1.165, 1.54) is 4.57 Å². The highest BCUT2D eigenvalue weighted by Gasteiger charge is 2.11. The summed E-state index contributed by atoms with van der Waals surface area (Å²) in [6, 6.07) is 6.94. The van der Waals surface area contributed by atoms with Crippen LogP contribution in [0, 0.1) is 0 Å². The largest absolute Gasteiger partial charge is 0.420 e. The number of carbonyl (C=O) groups excluding carboxylic acids is 1. The molecule has 0 saturated carbocycles. The number of benzene rings is 1. The molecule has 2 N–H and O–H groups in total. The number of aliphatic hydroxyl groups excluding tert-OH is 1. The molecular weight excluding hydrogens is 248 g/mol. The van der Waals surface area contributed by atoms with E-state index in [0.29, 0.717) is 24.1 Å². The lowest BCUT2D eigenvalue weighted by Gasteiger charge is -2.06. The first-order valence-corrected chi connectivity index (χ1v) is 6.11. The average Bonchev–Trinajstić information content (AvgIpc) is 2.66. The van der Waals surface area contributed by atoms with E-state index in [0.717, 1.165) is 0 Å². The van der Waals surface area contributed by atoms with Crippen molar-refractivity contribution in [2.75, 3.05) is 6.54 Å². The molecule has 19 heavy (non-hydrogen) atoms. The molecular formula is C13H16N2O4. The molecule has 0 fully saturated rings. The number of amides is 1. The van der Waals surface area contributed by atoms with Crippen molar-refractivity contribution in [3.05, 3.63) is 34.8 Å². The number of rotatable bonds is 5. The van der Waals surface area contributed by atoms with E-state index in [2.05, 4.69) is 5.32 Å². The molecule has 0 aliphatic carbocycles. The minimum atomic E-state index is -0.549. The van der Waals surface area contributed by atoms with Crippen molar-refractivity contribution in [2.24, 2.45) is 0 Å². The number of fused-ring (bicyclic) bond motifs is 1. The van der Waals surface area contributed by atoms with Gasteiger partial charge in [-0.1, -0.05) is 12.1 Å². The summed E-state index contributed by atoms with van der Waals surface area (Å²) in [5.74, 6) is -0.832. The van der Waals surface area contributed by atoms with Crippen LogP contribution in [0.2, 0.25) is 0 Å². The van der Waals surface area contributed by atoms with Gasteiger partial charge >= 0.3 is 5.76 Å². The Kier molecular flexibility index (Phi) is 4.01. The second kappa shape index (κ2) is 5.71. The van der Waals surface area contributed by atoms with E-state index in [1.807, 2.05) is 0 Å². The van der Waals surface area contributed by atoms with E-state index < -0.39 is 11.9 Å². The smallest absolute Gasteiger partial charge is 0.408 e. The Balaban J connectivity index is 2.07. The fraction of sp³-hybridized carbons (Fsp3) is 0.385. The van der Waals surface area contributed by atoms with E-state index >= 15 is 0 Å². The Bertz CT molecular complexity index is 627. The molecule has 1 heterocycles. The van der Waals surface area contributed by atoms with E-state index in [4.69, 9.17) is 9.52 Å². The Labute approximate surface area is 109 Å². The highest BCUT2D eigenvalue weighted by Crippen LogP contribution is 2.11. The standard InChI is InChI=1S/C13H16N2O4/c1-9(16)6-7-14-12(17)8-15-10-4-2-3-5-11(10)19-13(15)18/h2-5,9,16H,6-8H2,1H3,(H,14,17). The van der Waals surface area contributed by atoms with Crippen molar-refractivity contribution in [3.63, 3.8) is 0 Å². The first-order valence-electron chi connectivity index (χ1n) is 6.11. The van der Waals surface area contributed by atoms with Gasteiger partial charge in [-0.25, -0.2) is 4.79 Å². The fourth-order valence-corrected chi connectivity index (χ4v) is 1.78. The summed E-state index contributed by atoms with van der Waals surface area (Å²) >= 11 is 0. The number of oxazole rings is 1. The van der Waals surface area contributed by atoms with E-state index in [-0.39, 0.29) is 12.5 Å². The highest BCUT2D eigenvalue weighted by molar-refractivity contribution is 5.79. The molecule has 6 nitrogen and oxygen atoms in total. The number of nitrogens with one attached hydrogen (secondary N) is 1. The van der Waals surface area contributed by atoms with Crippen LogP contribution in [0.15, 0.2) is 33.5 Å². The first-order chi connectivity index (χ1) is 9.08. The summed E-state index contributed by atoms with van der Waals surface area (Å²) in [6.07, 6.45) is 0.0186. The molecule has 0 aliphatic rings. The molecule has 0 bridgehead atoms. The maximum atomic E-state index is 11.7. The molecule has 0 aliphatic heterocycles. The van der Waals surface area contributed by atoms with Crippen LogP contribution >= 0.6 is 0 Å². The van der Waals surface area contributed by atoms with Crippen LogP contribution in [-0.2, 0) is 11.3 Å². The van der Waals surface area contributed by atoms with Crippen LogP contribution in [0.3, 0.4) is 0 Å². The van der Waals surface area contributed by atoms with Crippen LogP contribution in [0.5, 0.6) is 0 Å². The summed E-state index contributed by atoms with van der Waals surface area (Å²) in [5, 5.41) is 11.7. The lowest BCUT2D eigenvalue weighted by Crippen LogP contribution is -2.32. The highest BCUT2D eigenvalue weighted by atomic mass is 16.4. The summed E-state index contributed by atoms with van der Waals surface area (Å²) in [6.45, 7) is 1.94. The number of aromatic nitrogens is 1. The van der Waals surface area contributed by atoms with E-state index in [9.17, 15) is 9.59 Å². The maximum absolute atomic E-state index is 11.7. The topological polar surface area (TPSA) is 84.5 Å². The lowest BCUT2D eigenvalue weighted by atomic mass is 10.3. The first kappa shape index (κ1) is 13.4. The number of nitrogens with zero attached hydrogens (tertiary/aromatic N) is 1. The molecule has 1 atom stereocenters. The number of hydrogen-bond acceptors (Lipinski definition) is 4. The van der Waals surface area contributed by atoms with Gasteiger partial charge in [-0.05, 0) is 25.5 Å². The molecule has 0 spiro atoms. The van der Waals surface area contributed by atoms with Gasteiger partial charge in [0.25, 0.3) is 0 Å². The molecule has 6 heteroatoms. The number of aliphatic hydroxyl groups is 1. The van der Waals surface area contributed by atoms with Crippen LogP contribution < -0.4 is 11.1 Å². The zero-order valence-electron chi connectivity index (χ0n) is 10.6. The molecule has 2 rings (SSSR count). The zero-order chi connectivity index (χ0) is 13.8. The third kappa shape index (κ3) is 3.23. The van der Waals surface area contributed by atoms with Gasteiger partial charge in [-0.2, -0.15) is 0 Å². The molecule has 1 amide bonds. The number of hydrogen-bond donors (Lipinski definition) is 2. The third-order valence-corrected chi connectivity index (χ3v) is 2.76. The van der Waals surface area contributed by atoms with Gasteiger partial charge in [-0.3, -0.25) is 9.36 Å². The SMILES string of the molecule is CC(O)CCNC(=O)Cn1c(=O)oc2ccccc21. The molecule has 1 unspecified atom stereocenters. The summed E-state index contributed by atoms with van der Waals surface area (Å²) in [4.78, 5) is 23.3. The van der Waals surface area contributed by atoms with Crippen molar-refractivity contribution in [1.29, 1.82) is 0 Å². The van der Waals surface area contributed by atoms with Crippen LogP contribution in [0.1, 0.15) is 13.3 Å². The number of para-hydroxylation sites is 2. The third-order valence-electron chi connectivity index (χ3n) is 2.76. The van der Waals surface area contributed by atoms with E-state index in [1.54, 1.807) is 31.2 Å². The van der Waals surface area contributed by atoms with Gasteiger partial charge in [0.2, 0.25) is 5.91 Å². The Hall–Kier alpha value is -2.08. The van der Waals surface area contributed by atoms with Crippen LogP contribution in [-0.4, -0.2) is 28.2 Å². The van der Waals surface area contributed by atoms with Crippen LogP contribution in [0.25, 0.3) is 11.1 Å². The monoisotopic (exact) mass is 264 g/mol. The lowest BCUT2D eigenvalue weighted by molar-refractivity contribution is -0.121. The average molecular weight is 264 g/mol. The summed E-state index contributed by atoms with van der Waals surface area (Å²) in [5.41, 5.74) is 1.06. The predicted molar refractivity (Wildman–Crippen MR) is 69.8 cm³/mol. The quantitative estimate of drug-likeness (QED) is 0.822. The molecule has 102 valence electrons. The minimum absolute atomic E-state index is 0.0876. The second-order valence-electron chi connectivity index (χ2n) is 4.41. The number of carbonyl (C=O) groups is 1. The molecule has 1 aromatic carbocycles. The van der Waals surface area contributed by atoms with Crippen molar-refractivity contribution in [3.8, 4) is 0 Å². The van der Waals surface area contributed by atoms with Gasteiger partial charge in [-0.15, -0.1) is 0 Å². The Morgan fingerprint density at radius 1 is 1.47 bits per heavy atom. The van der Waals surface area contributed by atoms with Gasteiger partial charge in [0.1, 0.15) is 6.54 Å². The van der Waals surface area contributed by atoms with Gasteiger partial charge < -0.3 is 14.8 Å². The Morgan fingerprint density at radius 3 is 2.95 bits per heavy atom. The molecule has 0 radical (unpaired) electrons. The van der Waals surface area contributed by atoms with Crippen LogP contribution in [0.4, 0.5) is 0 Å². The summed E-state index contributed by atoms with van der Waals surface area (Å²) in [7, 11) is 0.